The van der Waals surface area contributed by atoms with Gasteiger partial charge in [0.15, 0.2) is 0 Å². The number of carbonyl (C=O) groups is 1. The van der Waals surface area contributed by atoms with Crippen LogP contribution in [-0.4, -0.2) is 50.7 Å². The first-order valence-corrected chi connectivity index (χ1v) is 9.27. The van der Waals surface area contributed by atoms with E-state index in [4.69, 9.17) is 0 Å². The lowest BCUT2D eigenvalue weighted by Gasteiger charge is -2.23. The number of hydrogen-bond acceptors (Lipinski definition) is 3. The van der Waals surface area contributed by atoms with Gasteiger partial charge in [0.1, 0.15) is 0 Å². The highest BCUT2D eigenvalue weighted by molar-refractivity contribution is 7.88. The second-order valence-electron chi connectivity index (χ2n) is 5.34. The molecule has 20 heavy (non-hydrogen) atoms. The first-order chi connectivity index (χ1) is 9.43. The smallest absolute Gasteiger partial charge is 0.315 e. The number of nitrogens with one attached hydrogen (secondary N) is 2. The van der Waals surface area contributed by atoms with E-state index in [1.807, 2.05) is 6.92 Å². The highest BCUT2D eigenvalue weighted by Crippen LogP contribution is 2.17. The summed E-state index contributed by atoms with van der Waals surface area (Å²) in [6, 6.07) is 0.159. The minimum absolute atomic E-state index is 0.140. The number of amides is 2. The topological polar surface area (TPSA) is 78.5 Å². The van der Waals surface area contributed by atoms with Gasteiger partial charge in [0.05, 0.1) is 6.26 Å². The lowest BCUT2D eigenvalue weighted by molar-refractivity contribution is 0.232. The van der Waals surface area contributed by atoms with Crippen LogP contribution in [0.25, 0.3) is 0 Å². The van der Waals surface area contributed by atoms with Crippen LogP contribution in [0.1, 0.15) is 45.4 Å². The fourth-order valence-corrected chi connectivity index (χ4v) is 3.43. The summed E-state index contributed by atoms with van der Waals surface area (Å²) in [7, 11) is -3.13. The van der Waals surface area contributed by atoms with Gasteiger partial charge in [-0.2, -0.15) is 0 Å². The molecule has 0 spiro atoms. The molecule has 6 nitrogen and oxygen atoms in total. The van der Waals surface area contributed by atoms with Crippen molar-refractivity contribution in [3.05, 3.63) is 0 Å². The Kier molecular flexibility index (Phi) is 7.29. The maximum Gasteiger partial charge on any atom is 0.315 e. The number of urea groups is 1. The van der Waals surface area contributed by atoms with Crippen LogP contribution in [0.15, 0.2) is 0 Å². The van der Waals surface area contributed by atoms with Crippen molar-refractivity contribution in [3.8, 4) is 0 Å². The van der Waals surface area contributed by atoms with E-state index in [0.717, 1.165) is 12.8 Å². The van der Waals surface area contributed by atoms with Gasteiger partial charge in [0, 0.05) is 25.7 Å². The molecule has 2 amide bonds. The van der Waals surface area contributed by atoms with Gasteiger partial charge in [-0.15, -0.1) is 0 Å². The molecule has 0 bridgehead atoms. The van der Waals surface area contributed by atoms with Crippen molar-refractivity contribution in [2.24, 2.45) is 0 Å². The fourth-order valence-electron chi connectivity index (χ4n) is 2.50. The van der Waals surface area contributed by atoms with Crippen molar-refractivity contribution in [1.82, 2.24) is 14.9 Å². The predicted octanol–water partition coefficient (Wildman–Crippen LogP) is 1.29. The molecule has 1 aliphatic rings. The number of carbonyl (C=O) groups excluding carboxylic acids is 1. The van der Waals surface area contributed by atoms with E-state index in [2.05, 4.69) is 10.6 Å². The second-order valence-corrected chi connectivity index (χ2v) is 7.33. The second kappa shape index (κ2) is 8.46. The molecule has 0 radical (unpaired) electrons. The van der Waals surface area contributed by atoms with Gasteiger partial charge in [-0.25, -0.2) is 17.5 Å². The Bertz CT molecular complexity index is 392. The lowest BCUT2D eigenvalue weighted by Crippen LogP contribution is -2.43. The van der Waals surface area contributed by atoms with Crippen molar-refractivity contribution in [1.29, 1.82) is 0 Å². The molecule has 0 aromatic heterocycles. The summed E-state index contributed by atoms with van der Waals surface area (Å²) in [4.78, 5) is 11.7. The molecule has 0 unspecified atom stereocenters. The summed E-state index contributed by atoms with van der Waals surface area (Å²) >= 11 is 0. The molecule has 1 aliphatic carbocycles. The van der Waals surface area contributed by atoms with Crippen molar-refractivity contribution in [2.75, 3.05) is 25.9 Å². The highest BCUT2D eigenvalue weighted by Gasteiger charge is 2.16. The number of sulfonamides is 1. The molecular weight excluding hydrogens is 278 g/mol. The maximum atomic E-state index is 11.7. The third kappa shape index (κ3) is 6.56. The summed E-state index contributed by atoms with van der Waals surface area (Å²) in [6.07, 6.45) is 7.59. The Morgan fingerprint density at radius 3 is 2.45 bits per heavy atom. The van der Waals surface area contributed by atoms with Crippen molar-refractivity contribution >= 4 is 16.1 Å². The quantitative estimate of drug-likeness (QED) is 0.696. The number of hydrogen-bond donors (Lipinski definition) is 2. The average molecular weight is 305 g/mol. The molecular formula is C13H27N3O3S. The van der Waals surface area contributed by atoms with Crippen LogP contribution in [0.3, 0.4) is 0 Å². The van der Waals surface area contributed by atoms with Gasteiger partial charge >= 0.3 is 6.03 Å². The SMILES string of the molecule is CCN(CCCNC(=O)NC1CCCCC1)S(C)(=O)=O. The first-order valence-electron chi connectivity index (χ1n) is 7.43. The third-order valence-corrected chi connectivity index (χ3v) is 5.01. The summed E-state index contributed by atoms with van der Waals surface area (Å²) < 4.78 is 24.2. The van der Waals surface area contributed by atoms with E-state index in [0.29, 0.717) is 32.1 Å². The van der Waals surface area contributed by atoms with E-state index < -0.39 is 10.0 Å². The molecule has 0 aromatic carbocycles. The van der Waals surface area contributed by atoms with E-state index in [1.54, 1.807) is 0 Å². The fraction of sp³-hybridized carbons (Fsp3) is 0.923. The molecule has 0 heterocycles. The molecule has 0 saturated heterocycles. The largest absolute Gasteiger partial charge is 0.338 e. The Balaban J connectivity index is 2.15. The minimum Gasteiger partial charge on any atom is -0.338 e. The van der Waals surface area contributed by atoms with Crippen LogP contribution in [0.5, 0.6) is 0 Å². The Morgan fingerprint density at radius 1 is 1.25 bits per heavy atom. The van der Waals surface area contributed by atoms with E-state index in [9.17, 15) is 13.2 Å². The van der Waals surface area contributed by atoms with Crippen LogP contribution in [-0.2, 0) is 10.0 Å². The molecule has 1 fully saturated rings. The lowest BCUT2D eigenvalue weighted by atomic mass is 9.96. The predicted molar refractivity (Wildman–Crippen MR) is 80.1 cm³/mol. The van der Waals surface area contributed by atoms with Gasteiger partial charge in [0.25, 0.3) is 0 Å². The Hall–Kier alpha value is -0.820. The number of rotatable bonds is 7. The van der Waals surface area contributed by atoms with Crippen LogP contribution >= 0.6 is 0 Å². The summed E-state index contributed by atoms with van der Waals surface area (Å²) in [5.41, 5.74) is 0. The van der Waals surface area contributed by atoms with E-state index in [1.165, 1.54) is 29.8 Å². The Labute approximate surface area is 122 Å². The zero-order valence-corrected chi connectivity index (χ0v) is 13.3. The summed E-state index contributed by atoms with van der Waals surface area (Å²) in [6.45, 7) is 3.21. The highest BCUT2D eigenvalue weighted by atomic mass is 32.2. The Morgan fingerprint density at radius 2 is 1.90 bits per heavy atom. The molecule has 118 valence electrons. The summed E-state index contributed by atoms with van der Waals surface area (Å²) in [5.74, 6) is 0. The minimum atomic E-state index is -3.13. The third-order valence-electron chi connectivity index (χ3n) is 3.63. The molecule has 0 atom stereocenters. The van der Waals surface area contributed by atoms with Crippen LogP contribution in [0.2, 0.25) is 0 Å². The molecule has 1 saturated carbocycles. The van der Waals surface area contributed by atoms with E-state index >= 15 is 0 Å². The van der Waals surface area contributed by atoms with Crippen LogP contribution in [0, 0.1) is 0 Å². The molecule has 0 aromatic rings. The van der Waals surface area contributed by atoms with Gasteiger partial charge in [-0.05, 0) is 19.3 Å². The average Bonchev–Trinajstić information content (AvgIpc) is 2.38. The van der Waals surface area contributed by atoms with Crippen LogP contribution < -0.4 is 10.6 Å². The summed E-state index contributed by atoms with van der Waals surface area (Å²) in [5, 5.41) is 5.76. The zero-order chi connectivity index (χ0) is 15.0. The van der Waals surface area contributed by atoms with Gasteiger partial charge in [-0.1, -0.05) is 26.2 Å². The van der Waals surface area contributed by atoms with Crippen LogP contribution in [0.4, 0.5) is 4.79 Å². The van der Waals surface area contributed by atoms with Gasteiger partial charge < -0.3 is 10.6 Å². The maximum absolute atomic E-state index is 11.7. The first kappa shape index (κ1) is 17.2. The van der Waals surface area contributed by atoms with Crippen molar-refractivity contribution in [2.45, 2.75) is 51.5 Å². The van der Waals surface area contributed by atoms with Crippen molar-refractivity contribution < 1.29 is 13.2 Å². The van der Waals surface area contributed by atoms with E-state index in [-0.39, 0.29) is 6.03 Å². The monoisotopic (exact) mass is 305 g/mol. The van der Waals surface area contributed by atoms with Gasteiger partial charge in [-0.3, -0.25) is 0 Å². The molecule has 2 N–H and O–H groups in total. The molecule has 1 rings (SSSR count). The zero-order valence-electron chi connectivity index (χ0n) is 12.5. The molecule has 7 heteroatoms. The van der Waals surface area contributed by atoms with Gasteiger partial charge in [0.2, 0.25) is 10.0 Å². The number of nitrogens with zero attached hydrogens (tertiary/aromatic N) is 1. The van der Waals surface area contributed by atoms with Crippen molar-refractivity contribution in [3.63, 3.8) is 0 Å². The standard InChI is InChI=1S/C13H27N3O3S/c1-3-16(20(2,18)19)11-7-10-14-13(17)15-12-8-5-4-6-9-12/h12H,3-11H2,1-2H3,(H2,14,15,17). The normalized spacial score (nSPS) is 17.1. The molecule has 0 aliphatic heterocycles.